The van der Waals surface area contributed by atoms with Crippen molar-refractivity contribution in [2.45, 2.75) is 19.5 Å². The minimum absolute atomic E-state index is 0.124. The van der Waals surface area contributed by atoms with Crippen LogP contribution in [0.5, 0.6) is 0 Å². The fourth-order valence-electron chi connectivity index (χ4n) is 2.29. The molecule has 2 rings (SSSR count). The van der Waals surface area contributed by atoms with Gasteiger partial charge in [-0.3, -0.25) is 23.6 Å². The lowest BCUT2D eigenvalue weighted by Gasteiger charge is -2.23. The molecule has 0 aliphatic heterocycles. The van der Waals surface area contributed by atoms with Crippen molar-refractivity contribution in [3.63, 3.8) is 0 Å². The number of Topliss-reactive ketones (excluding diaryl/α,β-unsaturated/α-hetero) is 1. The molecule has 8 nitrogen and oxygen atoms in total. The third-order valence-corrected chi connectivity index (χ3v) is 3.98. The number of ketones is 1. The molecule has 0 saturated heterocycles. The molecule has 1 unspecified atom stereocenters. The van der Waals surface area contributed by atoms with Crippen molar-refractivity contribution < 1.29 is 9.21 Å². The summed E-state index contributed by atoms with van der Waals surface area (Å²) in [7, 11) is 4.48. The third kappa shape index (κ3) is 2.98. The van der Waals surface area contributed by atoms with Gasteiger partial charge in [0.05, 0.1) is 18.8 Å². The van der Waals surface area contributed by atoms with Crippen molar-refractivity contribution in [2.24, 2.45) is 14.1 Å². The summed E-state index contributed by atoms with van der Waals surface area (Å²) >= 11 is 0. The van der Waals surface area contributed by atoms with Crippen LogP contribution in [-0.2, 0) is 20.6 Å². The Morgan fingerprint density at radius 2 is 2.00 bits per heavy atom. The van der Waals surface area contributed by atoms with E-state index in [1.807, 2.05) is 0 Å². The first-order valence-electron chi connectivity index (χ1n) is 7.08. The summed E-state index contributed by atoms with van der Waals surface area (Å²) in [5.74, 6) is 0.141. The van der Waals surface area contributed by atoms with Crippen molar-refractivity contribution in [3.8, 4) is 0 Å². The molecule has 0 amide bonds. The first-order chi connectivity index (χ1) is 10.8. The molecular weight excluding hydrogens is 300 g/mol. The number of rotatable bonds is 5. The zero-order valence-electron chi connectivity index (χ0n) is 13.6. The average molecular weight is 320 g/mol. The molecule has 0 saturated carbocycles. The van der Waals surface area contributed by atoms with E-state index in [1.54, 1.807) is 37.3 Å². The van der Waals surface area contributed by atoms with Gasteiger partial charge in [-0.2, -0.15) is 0 Å². The number of anilines is 1. The number of furan rings is 1. The van der Waals surface area contributed by atoms with E-state index in [1.165, 1.54) is 14.1 Å². The highest BCUT2D eigenvalue weighted by Crippen LogP contribution is 2.13. The largest absolute Gasteiger partial charge is 0.468 e. The first-order valence-corrected chi connectivity index (χ1v) is 7.08. The second kappa shape index (κ2) is 6.25. The van der Waals surface area contributed by atoms with E-state index in [4.69, 9.17) is 10.2 Å². The number of hydrogen-bond donors (Lipinski definition) is 1. The molecule has 2 aromatic heterocycles. The molecule has 23 heavy (non-hydrogen) atoms. The van der Waals surface area contributed by atoms with Gasteiger partial charge in [-0.05, 0) is 26.1 Å². The maximum absolute atomic E-state index is 12.7. The normalized spacial score (nSPS) is 12.6. The molecule has 124 valence electrons. The monoisotopic (exact) mass is 320 g/mol. The van der Waals surface area contributed by atoms with Crippen LogP contribution in [0.4, 0.5) is 5.82 Å². The maximum atomic E-state index is 12.7. The van der Waals surface area contributed by atoms with Gasteiger partial charge in [-0.1, -0.05) is 0 Å². The lowest BCUT2D eigenvalue weighted by Crippen LogP contribution is -2.45. The summed E-state index contributed by atoms with van der Waals surface area (Å²) in [5.41, 5.74) is 4.39. The minimum atomic E-state index is -0.686. The van der Waals surface area contributed by atoms with E-state index in [0.29, 0.717) is 12.3 Å². The van der Waals surface area contributed by atoms with Gasteiger partial charge in [-0.15, -0.1) is 0 Å². The topological polar surface area (TPSA) is 103 Å². The van der Waals surface area contributed by atoms with Crippen LogP contribution in [-0.4, -0.2) is 32.9 Å². The summed E-state index contributed by atoms with van der Waals surface area (Å²) in [4.78, 5) is 38.5. The van der Waals surface area contributed by atoms with Crippen LogP contribution >= 0.6 is 0 Å². The van der Waals surface area contributed by atoms with E-state index in [2.05, 4.69) is 0 Å². The van der Waals surface area contributed by atoms with Gasteiger partial charge in [0.25, 0.3) is 5.56 Å². The van der Waals surface area contributed by atoms with Crippen LogP contribution in [0.25, 0.3) is 0 Å². The van der Waals surface area contributed by atoms with Crippen molar-refractivity contribution >= 4 is 11.6 Å². The van der Waals surface area contributed by atoms with Gasteiger partial charge >= 0.3 is 5.69 Å². The van der Waals surface area contributed by atoms with Crippen LogP contribution in [0.1, 0.15) is 23.0 Å². The summed E-state index contributed by atoms with van der Waals surface area (Å²) in [5, 5.41) is 0. The Morgan fingerprint density at radius 1 is 1.35 bits per heavy atom. The van der Waals surface area contributed by atoms with E-state index in [9.17, 15) is 14.4 Å². The molecule has 8 heteroatoms. The molecule has 0 radical (unpaired) electrons. The van der Waals surface area contributed by atoms with Crippen molar-refractivity contribution in [3.05, 3.63) is 50.6 Å². The first kappa shape index (κ1) is 16.8. The second-order valence-corrected chi connectivity index (χ2v) is 5.50. The third-order valence-electron chi connectivity index (χ3n) is 3.98. The highest BCUT2D eigenvalue weighted by atomic mass is 16.3. The standard InChI is InChI=1S/C15H20N4O4/c1-9(17(2)8-10-6-5-7-23-10)12(20)11-13(16)18(3)15(22)19(4)14(11)21/h5-7,9H,8,16H2,1-4H3. The van der Waals surface area contributed by atoms with Crippen LogP contribution in [0.3, 0.4) is 0 Å². The Labute approximate surface area is 132 Å². The number of likely N-dealkylation sites (N-methyl/N-ethyl adjacent to an activating group) is 1. The van der Waals surface area contributed by atoms with Gasteiger partial charge < -0.3 is 10.2 Å². The van der Waals surface area contributed by atoms with E-state index in [-0.39, 0.29) is 11.4 Å². The van der Waals surface area contributed by atoms with E-state index < -0.39 is 23.1 Å². The molecule has 2 heterocycles. The minimum Gasteiger partial charge on any atom is -0.468 e. The number of nitrogen functional groups attached to an aromatic ring is 1. The van der Waals surface area contributed by atoms with E-state index in [0.717, 1.165) is 9.13 Å². The van der Waals surface area contributed by atoms with Crippen molar-refractivity contribution in [1.29, 1.82) is 0 Å². The molecular formula is C15H20N4O4. The highest BCUT2D eigenvalue weighted by molar-refractivity contribution is 6.03. The zero-order valence-corrected chi connectivity index (χ0v) is 13.6. The molecule has 1 atom stereocenters. The van der Waals surface area contributed by atoms with Gasteiger partial charge in [0.1, 0.15) is 17.1 Å². The van der Waals surface area contributed by atoms with E-state index >= 15 is 0 Å². The highest BCUT2D eigenvalue weighted by Gasteiger charge is 2.27. The molecule has 2 aromatic rings. The Kier molecular flexibility index (Phi) is 4.55. The maximum Gasteiger partial charge on any atom is 0.332 e. The van der Waals surface area contributed by atoms with Crippen LogP contribution in [0.15, 0.2) is 32.4 Å². The summed E-state index contributed by atoms with van der Waals surface area (Å²) in [6.45, 7) is 2.08. The van der Waals surface area contributed by atoms with Crippen molar-refractivity contribution in [2.75, 3.05) is 12.8 Å². The van der Waals surface area contributed by atoms with Gasteiger partial charge in [0.15, 0.2) is 5.78 Å². The fraction of sp³-hybridized carbons (Fsp3) is 0.400. The number of hydrogen-bond acceptors (Lipinski definition) is 6. The molecule has 0 spiro atoms. The molecule has 0 bridgehead atoms. The number of carbonyl (C=O) groups is 1. The van der Waals surface area contributed by atoms with Crippen LogP contribution < -0.4 is 17.0 Å². The second-order valence-electron chi connectivity index (χ2n) is 5.50. The number of nitrogens with two attached hydrogens (primary N) is 1. The van der Waals surface area contributed by atoms with Crippen LogP contribution in [0, 0.1) is 0 Å². The van der Waals surface area contributed by atoms with Gasteiger partial charge in [0.2, 0.25) is 0 Å². The predicted octanol–water partition coefficient (Wildman–Crippen LogP) is -0.0376. The molecule has 0 aliphatic rings. The Bertz CT molecular complexity index is 832. The smallest absolute Gasteiger partial charge is 0.332 e. The van der Waals surface area contributed by atoms with Crippen LogP contribution in [0.2, 0.25) is 0 Å². The molecule has 0 fully saturated rings. The van der Waals surface area contributed by atoms with Crippen molar-refractivity contribution in [1.82, 2.24) is 14.0 Å². The van der Waals surface area contributed by atoms with Gasteiger partial charge in [0, 0.05) is 14.1 Å². The summed E-state index contributed by atoms with van der Waals surface area (Å²) in [6, 6.07) is 2.96. The quantitative estimate of drug-likeness (QED) is 0.776. The number of nitrogens with zero attached hydrogens (tertiary/aromatic N) is 3. The zero-order chi connectivity index (χ0) is 17.3. The fourth-order valence-corrected chi connectivity index (χ4v) is 2.29. The summed E-state index contributed by atoms with van der Waals surface area (Å²) in [6.07, 6.45) is 1.55. The SMILES string of the molecule is CC(C(=O)c1c(N)n(C)c(=O)n(C)c1=O)N(C)Cc1ccco1. The van der Waals surface area contributed by atoms with Gasteiger partial charge in [-0.25, -0.2) is 4.79 Å². The average Bonchev–Trinajstić information content (AvgIpc) is 3.03. The lowest BCUT2D eigenvalue weighted by atomic mass is 10.1. The summed E-state index contributed by atoms with van der Waals surface area (Å²) < 4.78 is 7.22. The molecule has 0 aliphatic carbocycles. The number of carbonyl (C=O) groups excluding carboxylic acids is 1. The predicted molar refractivity (Wildman–Crippen MR) is 85.3 cm³/mol. The Balaban J connectivity index is 2.37. The molecule has 2 N–H and O–H groups in total. The lowest BCUT2D eigenvalue weighted by molar-refractivity contribution is 0.0853. The Morgan fingerprint density at radius 3 is 2.57 bits per heavy atom. The molecule has 0 aromatic carbocycles. The Hall–Kier alpha value is -2.61. The number of aromatic nitrogens is 2.